The summed E-state index contributed by atoms with van der Waals surface area (Å²) >= 11 is 0. The van der Waals surface area contributed by atoms with E-state index >= 15 is 0 Å². The number of hydrogen-bond acceptors (Lipinski definition) is 2. The summed E-state index contributed by atoms with van der Waals surface area (Å²) in [5, 5.41) is 2.96. The topological polar surface area (TPSA) is 29.4 Å². The molecular weight excluding hydrogens is 306 g/mol. The highest BCUT2D eigenvalue weighted by atomic mass is 16.3. The maximum atomic E-state index is 10.4. The number of benzene rings is 3. The van der Waals surface area contributed by atoms with Crippen molar-refractivity contribution in [3.05, 3.63) is 111 Å². The second-order valence-electron chi connectivity index (χ2n) is 6.40. The highest BCUT2D eigenvalue weighted by Crippen LogP contribution is 2.34. The maximum Gasteiger partial charge on any atom is 0.106 e. The lowest BCUT2D eigenvalue weighted by Crippen LogP contribution is -1.92. The molecule has 0 aromatic heterocycles. The minimum Gasteiger partial charge on any atom is -0.150 e. The van der Waals surface area contributed by atoms with Crippen LogP contribution < -0.4 is 0 Å². The van der Waals surface area contributed by atoms with E-state index in [-0.39, 0.29) is 6.54 Å². The summed E-state index contributed by atoms with van der Waals surface area (Å²) in [5.41, 5.74) is 8.76. The molecule has 2 nitrogen and oxygen atoms in total. The van der Waals surface area contributed by atoms with Gasteiger partial charge in [-0.15, -0.1) is 0 Å². The molecule has 0 amide bonds. The number of fused-ring (bicyclic) bond motifs is 2. The van der Waals surface area contributed by atoms with Crippen LogP contribution in [0, 0.1) is 4.91 Å². The van der Waals surface area contributed by atoms with Gasteiger partial charge in [0.25, 0.3) is 0 Å². The zero-order valence-electron chi connectivity index (χ0n) is 14.0. The van der Waals surface area contributed by atoms with Gasteiger partial charge in [0, 0.05) is 0 Å². The number of nitroso groups, excluding NO2 is 1. The molecule has 3 aromatic rings. The average Bonchev–Trinajstić information content (AvgIpc) is 2.81. The van der Waals surface area contributed by atoms with E-state index in [1.165, 1.54) is 27.8 Å². The van der Waals surface area contributed by atoms with E-state index in [4.69, 9.17) is 0 Å². The van der Waals surface area contributed by atoms with Crippen molar-refractivity contribution >= 4 is 11.6 Å². The van der Waals surface area contributed by atoms with E-state index in [2.05, 4.69) is 71.9 Å². The van der Waals surface area contributed by atoms with Gasteiger partial charge in [0.05, 0.1) is 0 Å². The van der Waals surface area contributed by atoms with Gasteiger partial charge in [0.15, 0.2) is 0 Å². The van der Waals surface area contributed by atoms with Crippen molar-refractivity contribution in [1.29, 1.82) is 0 Å². The van der Waals surface area contributed by atoms with Crippen LogP contribution in [0.15, 0.2) is 78.0 Å². The average molecular weight is 325 g/mol. The molecule has 0 fully saturated rings. The molecule has 0 N–H and O–H groups in total. The first-order valence-electron chi connectivity index (χ1n) is 8.61. The zero-order valence-corrected chi connectivity index (χ0v) is 14.0. The quantitative estimate of drug-likeness (QED) is 0.573. The molecule has 0 aliphatic heterocycles. The van der Waals surface area contributed by atoms with Crippen molar-refractivity contribution in [2.45, 2.75) is 19.4 Å². The third-order valence-electron chi connectivity index (χ3n) is 4.82. The predicted octanol–water partition coefficient (Wildman–Crippen LogP) is 5.64. The third-order valence-corrected chi connectivity index (χ3v) is 4.82. The first-order chi connectivity index (χ1) is 12.3. The Hall–Kier alpha value is -3.00. The summed E-state index contributed by atoms with van der Waals surface area (Å²) in [4.78, 5) is 10.4. The Kier molecular flexibility index (Phi) is 4.26. The molecule has 3 aromatic carbocycles. The van der Waals surface area contributed by atoms with Gasteiger partial charge in [-0.1, -0.05) is 78.0 Å². The molecule has 25 heavy (non-hydrogen) atoms. The molecule has 1 aliphatic carbocycles. The largest absolute Gasteiger partial charge is 0.150 e. The standard InChI is InChI=1S/C23H19NO/c25-24-16-18-11-9-17(10-12-18)15-23-21-7-3-1-5-19(21)13-14-20-6-2-4-8-22(20)23/h1-12,15H,13-14,16H2. The summed E-state index contributed by atoms with van der Waals surface area (Å²) in [6, 6.07) is 25.4. The molecule has 0 heterocycles. The molecule has 4 rings (SSSR count). The van der Waals surface area contributed by atoms with Crippen LogP contribution >= 0.6 is 0 Å². The molecular formula is C23H19NO. The van der Waals surface area contributed by atoms with Crippen LogP contribution in [0.5, 0.6) is 0 Å². The lowest BCUT2D eigenvalue weighted by Gasteiger charge is -2.12. The van der Waals surface area contributed by atoms with Crippen LogP contribution in [0.1, 0.15) is 33.4 Å². The van der Waals surface area contributed by atoms with Crippen LogP contribution in [-0.2, 0) is 19.4 Å². The number of hydrogen-bond donors (Lipinski definition) is 0. The van der Waals surface area contributed by atoms with E-state index in [1.807, 2.05) is 12.1 Å². The monoisotopic (exact) mass is 325 g/mol. The van der Waals surface area contributed by atoms with Crippen LogP contribution in [-0.4, -0.2) is 0 Å². The summed E-state index contributed by atoms with van der Waals surface area (Å²) < 4.78 is 0. The smallest absolute Gasteiger partial charge is 0.106 e. The van der Waals surface area contributed by atoms with E-state index in [1.54, 1.807) is 0 Å². The number of rotatable bonds is 3. The second kappa shape index (κ2) is 6.86. The van der Waals surface area contributed by atoms with Crippen molar-refractivity contribution in [2.24, 2.45) is 5.18 Å². The Bertz CT molecular complexity index is 889. The van der Waals surface area contributed by atoms with Crippen molar-refractivity contribution in [2.75, 3.05) is 0 Å². The van der Waals surface area contributed by atoms with Crippen molar-refractivity contribution in [3.63, 3.8) is 0 Å². The molecule has 1 aliphatic rings. The lowest BCUT2D eigenvalue weighted by atomic mass is 9.92. The molecule has 0 unspecified atom stereocenters. The minimum absolute atomic E-state index is 0.225. The van der Waals surface area contributed by atoms with Crippen molar-refractivity contribution < 1.29 is 0 Å². The predicted molar refractivity (Wildman–Crippen MR) is 103 cm³/mol. The highest BCUT2D eigenvalue weighted by molar-refractivity contribution is 5.94. The maximum absolute atomic E-state index is 10.4. The fourth-order valence-electron chi connectivity index (χ4n) is 3.53. The normalized spacial score (nSPS) is 12.7. The molecule has 2 heteroatoms. The molecule has 0 radical (unpaired) electrons. The lowest BCUT2D eigenvalue weighted by molar-refractivity contribution is 0.965. The van der Waals surface area contributed by atoms with Gasteiger partial charge in [0.2, 0.25) is 0 Å². The van der Waals surface area contributed by atoms with Gasteiger partial charge in [-0.3, -0.25) is 0 Å². The second-order valence-corrected chi connectivity index (χ2v) is 6.40. The van der Waals surface area contributed by atoms with Crippen molar-refractivity contribution in [1.82, 2.24) is 0 Å². The van der Waals surface area contributed by atoms with Gasteiger partial charge >= 0.3 is 0 Å². The summed E-state index contributed by atoms with van der Waals surface area (Å²) in [7, 11) is 0. The van der Waals surface area contributed by atoms with Crippen LogP contribution in [0.3, 0.4) is 0 Å². The zero-order chi connectivity index (χ0) is 17.1. The Balaban J connectivity index is 1.86. The fraction of sp³-hybridized carbons (Fsp3) is 0.130. The van der Waals surface area contributed by atoms with Crippen molar-refractivity contribution in [3.8, 4) is 0 Å². The third kappa shape index (κ3) is 3.16. The summed E-state index contributed by atoms with van der Waals surface area (Å²) in [6.45, 7) is 0.225. The number of nitrogens with zero attached hydrogens (tertiary/aromatic N) is 1. The van der Waals surface area contributed by atoms with E-state index in [9.17, 15) is 4.91 Å². The highest BCUT2D eigenvalue weighted by Gasteiger charge is 2.17. The SMILES string of the molecule is O=NCc1ccc(C=C2c3ccccc3CCc3ccccc32)cc1. The first kappa shape index (κ1) is 15.5. The van der Waals surface area contributed by atoms with Crippen LogP contribution in [0.25, 0.3) is 11.6 Å². The first-order valence-corrected chi connectivity index (χ1v) is 8.61. The number of aryl methyl sites for hydroxylation is 2. The Morgan fingerprint density at radius 3 is 1.88 bits per heavy atom. The fourth-order valence-corrected chi connectivity index (χ4v) is 3.53. The van der Waals surface area contributed by atoms with Crippen LogP contribution in [0.2, 0.25) is 0 Å². The van der Waals surface area contributed by atoms with Gasteiger partial charge in [-0.05, 0) is 57.9 Å². The van der Waals surface area contributed by atoms with E-state index < -0.39 is 0 Å². The Morgan fingerprint density at radius 2 is 1.32 bits per heavy atom. The van der Waals surface area contributed by atoms with E-state index in [0.29, 0.717) is 0 Å². The van der Waals surface area contributed by atoms with Gasteiger partial charge in [0.1, 0.15) is 6.54 Å². The van der Waals surface area contributed by atoms with Gasteiger partial charge < -0.3 is 0 Å². The molecule has 122 valence electrons. The molecule has 0 spiro atoms. The minimum atomic E-state index is 0.225. The molecule has 0 atom stereocenters. The van der Waals surface area contributed by atoms with Gasteiger partial charge in [-0.25, -0.2) is 0 Å². The summed E-state index contributed by atoms with van der Waals surface area (Å²) in [6.07, 6.45) is 4.38. The van der Waals surface area contributed by atoms with Crippen LogP contribution in [0.4, 0.5) is 0 Å². The molecule has 0 saturated carbocycles. The Labute approximate surface area is 147 Å². The summed E-state index contributed by atoms with van der Waals surface area (Å²) in [5.74, 6) is 0. The molecule has 0 bridgehead atoms. The Morgan fingerprint density at radius 1 is 0.760 bits per heavy atom. The van der Waals surface area contributed by atoms with Gasteiger partial charge in [-0.2, -0.15) is 4.91 Å². The van der Waals surface area contributed by atoms with E-state index in [0.717, 1.165) is 24.0 Å². The molecule has 0 saturated heterocycles.